The van der Waals surface area contributed by atoms with Gasteiger partial charge in [-0.25, -0.2) is 0 Å². The van der Waals surface area contributed by atoms with Crippen LogP contribution in [0.1, 0.15) is 72.1 Å². The van der Waals surface area contributed by atoms with Crippen LogP contribution in [0.5, 0.6) is 0 Å². The number of carboxylic acid groups (broad SMARTS) is 1. The molecule has 12 unspecified atom stereocenters. The Morgan fingerprint density at radius 1 is 1.03 bits per heavy atom. The van der Waals surface area contributed by atoms with E-state index < -0.39 is 35.8 Å². The lowest BCUT2D eigenvalue weighted by Gasteiger charge is -2.64. The Morgan fingerprint density at radius 3 is 2.40 bits per heavy atom. The monoisotopic (exact) mass is 495 g/mol. The predicted molar refractivity (Wildman–Crippen MR) is 129 cm³/mol. The molecular formula is C27H45NO7. The molecule has 4 aliphatic carbocycles. The maximum absolute atomic E-state index is 12.5. The highest BCUT2D eigenvalue weighted by Crippen LogP contribution is 2.68. The Bertz CT molecular complexity index is 806. The minimum Gasteiger partial charge on any atom is -0.481 e. The predicted octanol–water partition coefficient (Wildman–Crippen LogP) is 2.19. The molecule has 4 aliphatic rings. The molecule has 0 aromatic rings. The number of carboxylic acids is 1. The minimum absolute atomic E-state index is 0.0120. The summed E-state index contributed by atoms with van der Waals surface area (Å²) < 4.78 is 5.96. The Balaban J connectivity index is 1.64. The number of aliphatic hydroxyl groups is 3. The first-order chi connectivity index (χ1) is 16.4. The molecule has 0 radical (unpaired) electrons. The highest BCUT2D eigenvalue weighted by molar-refractivity contribution is 5.71. The summed E-state index contributed by atoms with van der Waals surface area (Å²) in [5.41, 5.74) is -0.808. The number of hydrogen-bond donors (Lipinski definition) is 5. The van der Waals surface area contributed by atoms with Crippen LogP contribution in [0.4, 0.5) is 0 Å². The van der Waals surface area contributed by atoms with Crippen molar-refractivity contribution in [2.45, 2.75) is 96.6 Å². The van der Waals surface area contributed by atoms with E-state index in [1.807, 2.05) is 0 Å². The third-order valence-electron chi connectivity index (χ3n) is 11.0. The zero-order chi connectivity index (χ0) is 25.7. The van der Waals surface area contributed by atoms with Crippen molar-refractivity contribution in [3.05, 3.63) is 0 Å². The van der Waals surface area contributed by atoms with Crippen molar-refractivity contribution < 1.29 is 34.8 Å². The Labute approximate surface area is 208 Å². The molecular weight excluding hydrogens is 450 g/mol. The number of rotatable bonds is 7. The van der Waals surface area contributed by atoms with Gasteiger partial charge >= 0.3 is 11.9 Å². The van der Waals surface area contributed by atoms with Gasteiger partial charge in [-0.1, -0.05) is 20.8 Å². The molecule has 4 rings (SSSR count). The van der Waals surface area contributed by atoms with Crippen LogP contribution < -0.4 is 5.32 Å². The molecule has 0 aromatic heterocycles. The quantitative estimate of drug-likeness (QED) is 0.339. The fourth-order valence-corrected chi connectivity index (χ4v) is 9.25. The molecule has 0 aliphatic heterocycles. The van der Waals surface area contributed by atoms with E-state index in [0.29, 0.717) is 32.1 Å². The lowest BCUT2D eigenvalue weighted by atomic mass is 9.42. The normalized spacial score (nSPS) is 47.8. The molecule has 0 saturated heterocycles. The van der Waals surface area contributed by atoms with Gasteiger partial charge in [0.15, 0.2) is 0 Å². The molecule has 0 spiro atoms. The summed E-state index contributed by atoms with van der Waals surface area (Å²) in [6.45, 7) is 6.52. The van der Waals surface area contributed by atoms with E-state index in [0.717, 1.165) is 12.8 Å². The number of likely N-dealkylation sites (N-methyl/N-ethyl adjacent to an activating group) is 1. The number of nitrogens with one attached hydrogen (secondary N) is 1. The molecule has 0 amide bonds. The van der Waals surface area contributed by atoms with Crippen LogP contribution >= 0.6 is 0 Å². The third kappa shape index (κ3) is 4.42. The van der Waals surface area contributed by atoms with Gasteiger partial charge in [0.05, 0.1) is 24.9 Å². The average Bonchev–Trinajstić information content (AvgIpc) is 3.13. The van der Waals surface area contributed by atoms with Crippen molar-refractivity contribution in [2.24, 2.45) is 46.3 Å². The fraction of sp³-hybridized carbons (Fsp3) is 0.926. The van der Waals surface area contributed by atoms with Gasteiger partial charge < -0.3 is 30.5 Å². The number of esters is 1. The van der Waals surface area contributed by atoms with Gasteiger partial charge in [-0.2, -0.15) is 0 Å². The molecule has 0 aromatic carbocycles. The summed E-state index contributed by atoms with van der Waals surface area (Å²) in [4.78, 5) is 23.7. The van der Waals surface area contributed by atoms with Crippen LogP contribution in [0.2, 0.25) is 0 Å². The van der Waals surface area contributed by atoms with E-state index in [1.165, 1.54) is 0 Å². The molecule has 35 heavy (non-hydrogen) atoms. The number of carbonyl (C=O) groups excluding carboxylic acids is 1. The fourth-order valence-electron chi connectivity index (χ4n) is 9.25. The molecule has 8 heteroatoms. The van der Waals surface area contributed by atoms with E-state index in [4.69, 9.17) is 4.74 Å². The number of aliphatic carboxylic acids is 1. The zero-order valence-electron chi connectivity index (χ0n) is 21.7. The van der Waals surface area contributed by atoms with Gasteiger partial charge in [-0.15, -0.1) is 0 Å². The van der Waals surface area contributed by atoms with Crippen molar-refractivity contribution >= 4 is 11.9 Å². The smallest absolute Gasteiger partial charge is 0.320 e. The molecule has 200 valence electrons. The van der Waals surface area contributed by atoms with E-state index in [1.54, 1.807) is 7.05 Å². The standard InChI is InChI=1S/C27H45NO7/c1-14(5-8-23(32)33)17-6-7-18-25-19(12-21(31)27(17,18)3)26(2)15(10-20(25)30)9-16(29)11-22(26)35-24(34)13-28-4/h14-22,25,28-31H,5-13H2,1-4H3,(H,32,33). The van der Waals surface area contributed by atoms with Gasteiger partial charge in [0.2, 0.25) is 0 Å². The molecule has 8 nitrogen and oxygen atoms in total. The van der Waals surface area contributed by atoms with Crippen molar-refractivity contribution in [1.29, 1.82) is 0 Å². The molecule has 0 bridgehead atoms. The lowest BCUT2D eigenvalue weighted by Crippen LogP contribution is -2.66. The molecule has 12 atom stereocenters. The van der Waals surface area contributed by atoms with Gasteiger partial charge in [-0.3, -0.25) is 9.59 Å². The van der Waals surface area contributed by atoms with Gasteiger partial charge in [0, 0.05) is 18.3 Å². The Hall–Kier alpha value is -1.22. The maximum atomic E-state index is 12.5. The van der Waals surface area contributed by atoms with Crippen LogP contribution in [0.25, 0.3) is 0 Å². The van der Waals surface area contributed by atoms with Crippen molar-refractivity contribution in [3.63, 3.8) is 0 Å². The Morgan fingerprint density at radius 2 is 1.74 bits per heavy atom. The molecule has 4 saturated carbocycles. The second kappa shape index (κ2) is 9.92. The first kappa shape index (κ1) is 26.8. The van der Waals surface area contributed by atoms with Crippen LogP contribution in [0, 0.1) is 46.3 Å². The van der Waals surface area contributed by atoms with Gasteiger partial charge in [-0.05, 0) is 86.5 Å². The summed E-state index contributed by atoms with van der Waals surface area (Å²) in [5.74, 6) is -0.641. The van der Waals surface area contributed by atoms with E-state index >= 15 is 0 Å². The molecule has 0 heterocycles. The second-order valence-electron chi connectivity index (χ2n) is 12.5. The number of aliphatic hydroxyl groups excluding tert-OH is 3. The van der Waals surface area contributed by atoms with Gasteiger partial charge in [0.25, 0.3) is 0 Å². The minimum atomic E-state index is -0.791. The SMILES string of the molecule is CNCC(=O)OC1CC(O)CC2CC(O)C3C(CC(O)C4(C)C(C(C)CCC(=O)O)CCC34)C21C. The Kier molecular flexibility index (Phi) is 7.60. The number of fused-ring (bicyclic) bond motifs is 5. The van der Waals surface area contributed by atoms with Crippen LogP contribution in [0.15, 0.2) is 0 Å². The van der Waals surface area contributed by atoms with Crippen molar-refractivity contribution in [2.75, 3.05) is 13.6 Å². The topological polar surface area (TPSA) is 136 Å². The summed E-state index contributed by atoms with van der Waals surface area (Å²) in [6, 6.07) is 0. The first-order valence-corrected chi connectivity index (χ1v) is 13.5. The summed E-state index contributed by atoms with van der Waals surface area (Å²) in [6.07, 6.45) is 2.47. The van der Waals surface area contributed by atoms with Crippen LogP contribution in [-0.4, -0.2) is 70.4 Å². The lowest BCUT2D eigenvalue weighted by molar-refractivity contribution is -0.240. The number of ether oxygens (including phenoxy) is 1. The second-order valence-corrected chi connectivity index (χ2v) is 12.5. The number of carbonyl (C=O) groups is 2. The number of hydrogen-bond acceptors (Lipinski definition) is 7. The largest absolute Gasteiger partial charge is 0.481 e. The summed E-state index contributed by atoms with van der Waals surface area (Å²) in [7, 11) is 1.70. The van der Waals surface area contributed by atoms with Crippen LogP contribution in [-0.2, 0) is 14.3 Å². The van der Waals surface area contributed by atoms with Crippen LogP contribution in [0.3, 0.4) is 0 Å². The van der Waals surface area contributed by atoms with Crippen molar-refractivity contribution in [1.82, 2.24) is 5.32 Å². The highest BCUT2D eigenvalue weighted by atomic mass is 16.5. The molecule has 4 fully saturated rings. The summed E-state index contributed by atoms with van der Waals surface area (Å²) >= 11 is 0. The van der Waals surface area contributed by atoms with E-state index in [-0.39, 0.29) is 59.9 Å². The van der Waals surface area contributed by atoms with Crippen molar-refractivity contribution in [3.8, 4) is 0 Å². The van der Waals surface area contributed by atoms with Gasteiger partial charge in [0.1, 0.15) is 6.10 Å². The highest BCUT2D eigenvalue weighted by Gasteiger charge is 2.68. The van der Waals surface area contributed by atoms with E-state index in [9.17, 15) is 30.0 Å². The summed E-state index contributed by atoms with van der Waals surface area (Å²) in [5, 5.41) is 45.8. The maximum Gasteiger partial charge on any atom is 0.320 e. The van der Waals surface area contributed by atoms with E-state index in [2.05, 4.69) is 26.1 Å². The third-order valence-corrected chi connectivity index (χ3v) is 11.0. The first-order valence-electron chi connectivity index (χ1n) is 13.5. The zero-order valence-corrected chi connectivity index (χ0v) is 21.7. The average molecular weight is 496 g/mol. The molecule has 5 N–H and O–H groups in total.